The maximum absolute atomic E-state index is 15.2. The van der Waals surface area contributed by atoms with Crippen LogP contribution in [-0.2, 0) is 39.2 Å². The van der Waals surface area contributed by atoms with Crippen LogP contribution in [0.25, 0.3) is 0 Å². The van der Waals surface area contributed by atoms with Gasteiger partial charge < -0.3 is 43.7 Å². The van der Waals surface area contributed by atoms with Crippen LogP contribution in [0.1, 0.15) is 57.2 Å². The molecule has 67 heavy (non-hydrogen) atoms. The molecule has 1 unspecified atom stereocenters. The fraction of sp³-hybridized carbons (Fsp3) is 0.383. The molecule has 0 aromatic heterocycles. The molecule has 3 N–H and O–H groups in total. The first-order chi connectivity index (χ1) is 31.7. The highest BCUT2D eigenvalue weighted by atomic mass is 32.2. The van der Waals surface area contributed by atoms with Gasteiger partial charge in [0.25, 0.3) is 11.6 Å². The molecule has 19 nitrogen and oxygen atoms in total. The third-order valence-corrected chi connectivity index (χ3v) is 14.4. The number of ether oxygens (including phenoxy) is 6. The van der Waals surface area contributed by atoms with Crippen molar-refractivity contribution in [1.29, 1.82) is 0 Å². The molecule has 4 amide bonds. The summed E-state index contributed by atoms with van der Waals surface area (Å²) in [5.41, 5.74) is -2.49. The topological polar surface area (TPSA) is 248 Å². The number of rotatable bonds is 14. The number of methoxy groups -OCH3 is 2. The van der Waals surface area contributed by atoms with Gasteiger partial charge in [0.1, 0.15) is 46.0 Å². The Balaban J connectivity index is 1.45. The van der Waals surface area contributed by atoms with Crippen molar-refractivity contribution in [2.75, 3.05) is 27.4 Å². The number of quaternary nitrogens is 1. The summed E-state index contributed by atoms with van der Waals surface area (Å²) >= 11 is 0. The lowest BCUT2D eigenvalue weighted by Gasteiger charge is -2.44. The van der Waals surface area contributed by atoms with Crippen LogP contribution in [0.5, 0.6) is 11.5 Å². The molecule has 0 bridgehead atoms. The summed E-state index contributed by atoms with van der Waals surface area (Å²) in [6.45, 7) is 4.23. The first-order valence-electron chi connectivity index (χ1n) is 21.2. The lowest BCUT2D eigenvalue weighted by atomic mass is 9.80. The number of hydrogen-bond acceptors (Lipinski definition) is 16. The average molecular weight is 947 g/mol. The van der Waals surface area contributed by atoms with E-state index in [0.717, 1.165) is 18.3 Å². The van der Waals surface area contributed by atoms with E-state index in [1.165, 1.54) is 54.0 Å². The van der Waals surface area contributed by atoms with Crippen molar-refractivity contribution in [2.45, 2.75) is 92.3 Å². The maximum atomic E-state index is 15.2. The summed E-state index contributed by atoms with van der Waals surface area (Å²) in [5.74, 6) is -0.104. The Bertz CT molecular complexity index is 2610. The number of imide groups is 3. The van der Waals surface area contributed by atoms with E-state index in [0.29, 0.717) is 28.2 Å². The molecule has 3 aliphatic rings. The second-order valence-corrected chi connectivity index (χ2v) is 19.5. The number of aliphatic hydroxyl groups excluding tert-OH is 2. The summed E-state index contributed by atoms with van der Waals surface area (Å²) in [6.07, 6.45) is -10.1. The molecule has 7 rings (SSSR count). The smallest absolute Gasteiger partial charge is 0.444 e. The number of aliphatic hydroxyl groups is 3. The quantitative estimate of drug-likeness (QED) is 0.0629. The van der Waals surface area contributed by atoms with E-state index in [-0.39, 0.29) is 10.5 Å². The van der Waals surface area contributed by atoms with Crippen LogP contribution < -0.4 is 9.47 Å². The molecule has 4 aromatic rings. The number of para-hydroxylation sites is 1. The molecule has 3 aliphatic heterocycles. The Morgan fingerprint density at radius 3 is 1.96 bits per heavy atom. The van der Waals surface area contributed by atoms with E-state index in [4.69, 9.17) is 28.4 Å². The van der Waals surface area contributed by atoms with Crippen molar-refractivity contribution in [3.8, 4) is 11.5 Å². The Kier molecular flexibility index (Phi) is 13.5. The van der Waals surface area contributed by atoms with Gasteiger partial charge in [-0.25, -0.2) is 18.0 Å². The third-order valence-electron chi connectivity index (χ3n) is 12.1. The number of benzene rings is 4. The highest BCUT2D eigenvalue weighted by Gasteiger charge is 2.70. The van der Waals surface area contributed by atoms with Crippen LogP contribution in [0.2, 0.25) is 0 Å². The summed E-state index contributed by atoms with van der Waals surface area (Å²) < 4.78 is 65.2. The monoisotopic (exact) mass is 946 g/mol. The van der Waals surface area contributed by atoms with Crippen LogP contribution >= 0.6 is 0 Å². The molecule has 0 spiro atoms. The van der Waals surface area contributed by atoms with Gasteiger partial charge in [-0.3, -0.25) is 14.9 Å². The minimum Gasteiger partial charge on any atom is -0.497 e. The fourth-order valence-electron chi connectivity index (χ4n) is 8.81. The number of hydrogen-bond donors (Lipinski definition) is 3. The lowest BCUT2D eigenvalue weighted by molar-refractivity contribution is -0.900. The zero-order valence-corrected chi connectivity index (χ0v) is 38.3. The van der Waals surface area contributed by atoms with Gasteiger partial charge in [-0.05, 0) is 74.7 Å². The molecule has 2 fully saturated rings. The Morgan fingerprint density at radius 2 is 1.43 bits per heavy atom. The van der Waals surface area contributed by atoms with Gasteiger partial charge in [0.2, 0.25) is 27.2 Å². The normalized spacial score (nSPS) is 25.7. The number of carbonyl (C=O) groups excluding carboxylic acids is 3. The average Bonchev–Trinajstić information content (AvgIpc) is 3.87. The van der Waals surface area contributed by atoms with Gasteiger partial charge in [-0.2, -0.15) is 4.48 Å². The van der Waals surface area contributed by atoms with Crippen LogP contribution in [0.15, 0.2) is 120 Å². The summed E-state index contributed by atoms with van der Waals surface area (Å²) in [5, 5.41) is 46.8. The first kappa shape index (κ1) is 48.8. The van der Waals surface area contributed by atoms with Crippen LogP contribution in [0.4, 0.5) is 15.3 Å². The van der Waals surface area contributed by atoms with Crippen molar-refractivity contribution in [1.82, 2.24) is 4.90 Å². The molecule has 20 heteroatoms. The van der Waals surface area contributed by atoms with Crippen molar-refractivity contribution in [3.63, 3.8) is 0 Å². The summed E-state index contributed by atoms with van der Waals surface area (Å²) in [6, 6.07) is 25.5. The zero-order valence-electron chi connectivity index (χ0n) is 37.5. The predicted octanol–water partition coefficient (Wildman–Crippen LogP) is 5.28. The van der Waals surface area contributed by atoms with Crippen LogP contribution in [0, 0.1) is 10.1 Å². The zero-order chi connectivity index (χ0) is 48.7. The molecular formula is C47H52N3O16S+. The van der Waals surface area contributed by atoms with E-state index < -0.39 is 121 Å². The standard InChI is InChI=1S/C47H52N3O16S/c1-29-26-50(40-24-36(52)37(27-51)64-40,43(54)48(42(29)53)44(55)66-45(2,3)4)41-25-46(56,67(59,60)38-15-11-10-14-35(38)49(57)58)39(65-41)28-63-47(30-12-8-7-9-13-30,31-16-20-33(61-5)21-17-31)32-18-22-34(62-6)23-19-32/h7-23,26,36-37,39-41,51-52,56H,24-25,27-28H2,1-6H3/q+1/t36-,37+,39+,40+,41+,46-,50?/m0/s1. The number of nitro groups is 1. The molecule has 3 heterocycles. The highest BCUT2D eigenvalue weighted by Crippen LogP contribution is 2.50. The lowest BCUT2D eigenvalue weighted by Crippen LogP contribution is -2.69. The molecule has 2 saturated heterocycles. The second kappa shape index (κ2) is 18.5. The molecule has 4 aromatic carbocycles. The van der Waals surface area contributed by atoms with Gasteiger partial charge in [0, 0.05) is 6.07 Å². The fourth-order valence-corrected chi connectivity index (χ4v) is 10.7. The molecule has 0 saturated carbocycles. The van der Waals surface area contributed by atoms with Gasteiger partial charge in [0.15, 0.2) is 0 Å². The number of sulfone groups is 1. The molecule has 0 aliphatic carbocycles. The largest absolute Gasteiger partial charge is 0.497 e. The van der Waals surface area contributed by atoms with E-state index in [1.54, 1.807) is 78.9 Å². The van der Waals surface area contributed by atoms with Crippen LogP contribution in [0.3, 0.4) is 0 Å². The number of nitrogens with zero attached hydrogens (tertiary/aromatic N) is 3. The number of carbonyl (C=O) groups is 3. The molecular weight excluding hydrogens is 895 g/mol. The molecule has 0 radical (unpaired) electrons. The highest BCUT2D eigenvalue weighted by molar-refractivity contribution is 7.92. The minimum atomic E-state index is -5.35. The Hall–Kier alpha value is -6.10. The van der Waals surface area contributed by atoms with Crippen molar-refractivity contribution < 1.29 is 75.9 Å². The molecule has 356 valence electrons. The maximum Gasteiger partial charge on any atom is 0.444 e. The Morgan fingerprint density at radius 1 is 0.881 bits per heavy atom. The van der Waals surface area contributed by atoms with Crippen molar-refractivity contribution in [2.24, 2.45) is 0 Å². The number of nitro benzene ring substituents is 1. The van der Waals surface area contributed by atoms with Crippen LogP contribution in [-0.4, -0.2) is 125 Å². The van der Waals surface area contributed by atoms with Gasteiger partial charge in [0.05, 0.1) is 56.9 Å². The van der Waals surface area contributed by atoms with Crippen molar-refractivity contribution >= 4 is 33.6 Å². The summed E-state index contributed by atoms with van der Waals surface area (Å²) in [4.78, 5) is 50.5. The van der Waals surface area contributed by atoms with E-state index >= 15 is 13.2 Å². The van der Waals surface area contributed by atoms with E-state index in [1.807, 2.05) is 0 Å². The second-order valence-electron chi connectivity index (χ2n) is 17.3. The van der Waals surface area contributed by atoms with Crippen molar-refractivity contribution in [3.05, 3.63) is 142 Å². The first-order valence-corrected chi connectivity index (χ1v) is 22.6. The van der Waals surface area contributed by atoms with Gasteiger partial charge in [-0.15, -0.1) is 4.90 Å². The predicted molar refractivity (Wildman–Crippen MR) is 236 cm³/mol. The van der Waals surface area contributed by atoms with E-state index in [9.17, 15) is 35.0 Å². The third kappa shape index (κ3) is 8.59. The van der Waals surface area contributed by atoms with Gasteiger partial charge >= 0.3 is 12.1 Å². The summed E-state index contributed by atoms with van der Waals surface area (Å²) in [7, 11) is -2.37. The molecule has 7 atom stereocenters. The minimum absolute atomic E-state index is 0.207. The van der Waals surface area contributed by atoms with E-state index in [2.05, 4.69) is 0 Å². The van der Waals surface area contributed by atoms with Gasteiger partial charge in [-0.1, -0.05) is 66.7 Å². The SMILES string of the molecule is COc1ccc(C(OC[C@H]2O[C@@H]([N+]3([C@H]4C[C@H](O)[C@@H](CO)O4)C=C(C)C(=O)N(C(=O)OC(C)(C)C)C3=O)C[C@]2(O)S(=O)(=O)c2ccccc2[N+](=O)[O-])(c2ccccc2)c2ccc(OC)cc2)cc1. The Labute approximate surface area is 386 Å². The number of urea groups is 1. The number of amides is 4.